The van der Waals surface area contributed by atoms with Gasteiger partial charge in [0.15, 0.2) is 0 Å². The zero-order valence-electron chi connectivity index (χ0n) is 14.0. The molecule has 21 heavy (non-hydrogen) atoms. The summed E-state index contributed by atoms with van der Waals surface area (Å²) in [6.45, 7) is 10.9. The minimum atomic E-state index is 0.339. The number of nitrogens with zero attached hydrogens (tertiary/aromatic N) is 1. The third-order valence-electron chi connectivity index (χ3n) is 4.65. The monoisotopic (exact) mass is 290 g/mol. The largest absolute Gasteiger partial charge is 0.494 e. The molecule has 1 aliphatic rings. The molecule has 1 N–H and O–H groups in total. The Morgan fingerprint density at radius 1 is 1.14 bits per heavy atom. The highest BCUT2D eigenvalue weighted by Gasteiger charge is 2.27. The first kappa shape index (κ1) is 16.3. The predicted octanol–water partition coefficient (Wildman–Crippen LogP) is 3.15. The van der Waals surface area contributed by atoms with Crippen molar-refractivity contribution in [1.82, 2.24) is 10.2 Å². The van der Waals surface area contributed by atoms with Gasteiger partial charge in [-0.2, -0.15) is 0 Å². The summed E-state index contributed by atoms with van der Waals surface area (Å²) >= 11 is 0. The van der Waals surface area contributed by atoms with Crippen molar-refractivity contribution in [2.24, 2.45) is 0 Å². The highest BCUT2D eigenvalue weighted by atomic mass is 16.5. The highest BCUT2D eigenvalue weighted by Crippen LogP contribution is 2.21. The molecule has 0 aliphatic carbocycles. The number of aryl methyl sites for hydroxylation is 2. The van der Waals surface area contributed by atoms with E-state index in [0.717, 1.165) is 25.3 Å². The normalized spacial score (nSPS) is 18.7. The highest BCUT2D eigenvalue weighted by molar-refractivity contribution is 5.32. The lowest BCUT2D eigenvalue weighted by Gasteiger charge is -2.39. The Morgan fingerprint density at radius 2 is 1.76 bits per heavy atom. The molecular formula is C18H30N2O. The fourth-order valence-electron chi connectivity index (χ4n) is 3.01. The second kappa shape index (κ2) is 7.28. The van der Waals surface area contributed by atoms with Crippen molar-refractivity contribution in [1.29, 1.82) is 0 Å². The van der Waals surface area contributed by atoms with Crippen LogP contribution in [0.1, 0.15) is 37.3 Å². The fourth-order valence-corrected chi connectivity index (χ4v) is 3.01. The summed E-state index contributed by atoms with van der Waals surface area (Å²) < 4.78 is 5.88. The van der Waals surface area contributed by atoms with E-state index in [1.807, 2.05) is 0 Å². The van der Waals surface area contributed by atoms with Gasteiger partial charge in [-0.15, -0.1) is 0 Å². The van der Waals surface area contributed by atoms with Crippen molar-refractivity contribution in [3.63, 3.8) is 0 Å². The van der Waals surface area contributed by atoms with Crippen LogP contribution >= 0.6 is 0 Å². The van der Waals surface area contributed by atoms with Gasteiger partial charge in [0.05, 0.1) is 6.61 Å². The van der Waals surface area contributed by atoms with Crippen LogP contribution in [0.3, 0.4) is 0 Å². The van der Waals surface area contributed by atoms with Gasteiger partial charge < -0.3 is 15.0 Å². The molecule has 118 valence electrons. The summed E-state index contributed by atoms with van der Waals surface area (Å²) in [4.78, 5) is 2.56. The lowest BCUT2D eigenvalue weighted by Crippen LogP contribution is -2.50. The molecule has 0 amide bonds. The van der Waals surface area contributed by atoms with Crippen LogP contribution in [0.25, 0.3) is 0 Å². The Morgan fingerprint density at radius 3 is 2.33 bits per heavy atom. The molecule has 0 radical (unpaired) electrons. The third kappa shape index (κ3) is 5.01. The molecule has 0 saturated carbocycles. The number of hydrogen-bond donors (Lipinski definition) is 1. The molecule has 1 fully saturated rings. The van der Waals surface area contributed by atoms with Crippen LogP contribution in [0.5, 0.6) is 5.75 Å². The SMILES string of the molecule is CNC1(C)CCN(CCCOc2cc(C)cc(C)c2)CC1. The van der Waals surface area contributed by atoms with E-state index >= 15 is 0 Å². The van der Waals surface area contributed by atoms with Gasteiger partial charge in [0.25, 0.3) is 0 Å². The summed E-state index contributed by atoms with van der Waals surface area (Å²) in [6.07, 6.45) is 3.58. The molecule has 3 heteroatoms. The maximum Gasteiger partial charge on any atom is 0.119 e. The van der Waals surface area contributed by atoms with E-state index in [-0.39, 0.29) is 0 Å². The Hall–Kier alpha value is -1.06. The van der Waals surface area contributed by atoms with Crippen molar-refractivity contribution < 1.29 is 4.74 Å². The van der Waals surface area contributed by atoms with E-state index in [4.69, 9.17) is 4.74 Å². The molecule has 1 aliphatic heterocycles. The lowest BCUT2D eigenvalue weighted by molar-refractivity contribution is 0.144. The zero-order chi connectivity index (χ0) is 15.3. The first-order valence-corrected chi connectivity index (χ1v) is 8.13. The maximum absolute atomic E-state index is 5.88. The van der Waals surface area contributed by atoms with Gasteiger partial charge in [-0.25, -0.2) is 0 Å². The first-order chi connectivity index (χ1) is 10.0. The average molecular weight is 290 g/mol. The number of likely N-dealkylation sites (tertiary alicyclic amines) is 1. The second-order valence-corrected chi connectivity index (χ2v) is 6.68. The quantitative estimate of drug-likeness (QED) is 0.815. The Bertz CT molecular complexity index is 430. The van der Waals surface area contributed by atoms with Crippen molar-refractivity contribution in [3.8, 4) is 5.75 Å². The van der Waals surface area contributed by atoms with Gasteiger partial charge in [-0.05, 0) is 83.4 Å². The van der Waals surface area contributed by atoms with Gasteiger partial charge in [0.1, 0.15) is 5.75 Å². The van der Waals surface area contributed by atoms with Crippen LogP contribution in [0.2, 0.25) is 0 Å². The molecule has 0 aromatic heterocycles. The number of nitrogens with one attached hydrogen (secondary N) is 1. The van der Waals surface area contributed by atoms with E-state index in [1.165, 1.54) is 37.1 Å². The van der Waals surface area contributed by atoms with Crippen LogP contribution in [-0.2, 0) is 0 Å². The maximum atomic E-state index is 5.88. The van der Waals surface area contributed by atoms with Crippen molar-refractivity contribution in [3.05, 3.63) is 29.3 Å². The molecule has 3 nitrogen and oxygen atoms in total. The minimum absolute atomic E-state index is 0.339. The minimum Gasteiger partial charge on any atom is -0.494 e. The molecule has 2 rings (SSSR count). The van der Waals surface area contributed by atoms with Crippen molar-refractivity contribution >= 4 is 0 Å². The average Bonchev–Trinajstić information content (AvgIpc) is 2.45. The van der Waals surface area contributed by atoms with Gasteiger partial charge >= 0.3 is 0 Å². The van der Waals surface area contributed by atoms with Crippen LogP contribution in [0.15, 0.2) is 18.2 Å². The Kier molecular flexibility index (Phi) is 5.65. The standard InChI is InChI=1S/C18H30N2O/c1-15-12-16(2)14-17(13-15)21-11-5-8-20-9-6-18(3,19-4)7-10-20/h12-14,19H,5-11H2,1-4H3. The van der Waals surface area contributed by atoms with E-state index in [2.05, 4.69) is 56.2 Å². The molecule has 1 aromatic carbocycles. The predicted molar refractivity (Wildman–Crippen MR) is 89.2 cm³/mol. The summed E-state index contributed by atoms with van der Waals surface area (Å²) in [5.74, 6) is 1.01. The van der Waals surface area contributed by atoms with Crippen molar-refractivity contribution in [2.75, 3.05) is 33.3 Å². The second-order valence-electron chi connectivity index (χ2n) is 6.68. The van der Waals surface area contributed by atoms with Gasteiger partial charge in [-0.3, -0.25) is 0 Å². The smallest absolute Gasteiger partial charge is 0.119 e. The summed E-state index contributed by atoms with van der Waals surface area (Å²) in [5, 5.41) is 3.45. The molecule has 1 heterocycles. The number of benzene rings is 1. The van der Waals surface area contributed by atoms with E-state index < -0.39 is 0 Å². The number of rotatable bonds is 6. The number of piperidine rings is 1. The summed E-state index contributed by atoms with van der Waals surface area (Å²) in [6, 6.07) is 6.41. The van der Waals surface area contributed by atoms with Crippen molar-refractivity contribution in [2.45, 2.75) is 45.6 Å². The number of ether oxygens (including phenoxy) is 1. The first-order valence-electron chi connectivity index (χ1n) is 8.13. The molecule has 0 atom stereocenters. The molecule has 0 spiro atoms. The van der Waals surface area contributed by atoms with Crippen LogP contribution in [0.4, 0.5) is 0 Å². The van der Waals surface area contributed by atoms with Gasteiger partial charge in [-0.1, -0.05) is 6.07 Å². The van der Waals surface area contributed by atoms with Gasteiger partial charge in [0.2, 0.25) is 0 Å². The lowest BCUT2D eigenvalue weighted by atomic mass is 9.90. The van der Waals surface area contributed by atoms with E-state index in [9.17, 15) is 0 Å². The van der Waals surface area contributed by atoms with E-state index in [1.54, 1.807) is 0 Å². The molecule has 0 unspecified atom stereocenters. The summed E-state index contributed by atoms with van der Waals surface area (Å²) in [7, 11) is 2.08. The number of hydrogen-bond acceptors (Lipinski definition) is 3. The molecule has 1 aromatic rings. The zero-order valence-corrected chi connectivity index (χ0v) is 14.0. The molecule has 0 bridgehead atoms. The molecule has 1 saturated heterocycles. The van der Waals surface area contributed by atoms with Crippen LogP contribution in [0, 0.1) is 13.8 Å². The van der Waals surface area contributed by atoms with Crippen LogP contribution in [-0.4, -0.2) is 43.7 Å². The van der Waals surface area contributed by atoms with Crippen LogP contribution < -0.4 is 10.1 Å². The van der Waals surface area contributed by atoms with E-state index in [0.29, 0.717) is 5.54 Å². The topological polar surface area (TPSA) is 24.5 Å². The fraction of sp³-hybridized carbons (Fsp3) is 0.667. The Balaban J connectivity index is 1.66. The molecular weight excluding hydrogens is 260 g/mol. The van der Waals surface area contributed by atoms with Gasteiger partial charge in [0, 0.05) is 12.1 Å². The third-order valence-corrected chi connectivity index (χ3v) is 4.65. The summed E-state index contributed by atoms with van der Waals surface area (Å²) in [5.41, 5.74) is 2.88. The Labute approximate surface area is 129 Å².